The zero-order valence-electron chi connectivity index (χ0n) is 21.8. The quantitative estimate of drug-likeness (QED) is 0.625. The van der Waals surface area contributed by atoms with E-state index >= 15 is 0 Å². The van der Waals surface area contributed by atoms with Gasteiger partial charge < -0.3 is 9.80 Å². The van der Waals surface area contributed by atoms with Gasteiger partial charge in [0.2, 0.25) is 0 Å². The molecule has 0 saturated carbocycles. The predicted molar refractivity (Wildman–Crippen MR) is 144 cm³/mol. The van der Waals surface area contributed by atoms with Crippen LogP contribution in [0.25, 0.3) is 10.9 Å². The Balaban J connectivity index is 1.18. The van der Waals surface area contributed by atoms with E-state index in [0.29, 0.717) is 0 Å². The second-order valence-electron chi connectivity index (χ2n) is 10.8. The summed E-state index contributed by atoms with van der Waals surface area (Å²) in [6.07, 6.45) is 9.72. The number of likely N-dealkylation sites (tertiary alicyclic amines) is 1. The number of fused-ring (bicyclic) bond motifs is 1. The van der Waals surface area contributed by atoms with Gasteiger partial charge in [-0.2, -0.15) is 0 Å². The van der Waals surface area contributed by atoms with Crippen molar-refractivity contribution in [1.82, 2.24) is 19.7 Å². The average Bonchev–Trinajstić information content (AvgIpc) is 2.89. The highest BCUT2D eigenvalue weighted by Gasteiger charge is 2.31. The van der Waals surface area contributed by atoms with Crippen LogP contribution in [-0.4, -0.2) is 90.7 Å². The van der Waals surface area contributed by atoms with E-state index in [0.717, 1.165) is 37.1 Å². The summed E-state index contributed by atoms with van der Waals surface area (Å²) in [5.74, 6) is 0. The lowest BCUT2D eigenvalue weighted by molar-refractivity contribution is 0.0384. The van der Waals surface area contributed by atoms with E-state index in [1.807, 2.05) is 0 Å². The summed E-state index contributed by atoms with van der Waals surface area (Å²) in [4.78, 5) is 15.6. The highest BCUT2D eigenvalue weighted by atomic mass is 15.3. The molecule has 3 aliphatic heterocycles. The van der Waals surface area contributed by atoms with Crippen LogP contribution in [0.1, 0.15) is 57.1 Å². The molecule has 0 aliphatic carbocycles. The van der Waals surface area contributed by atoms with Crippen molar-refractivity contribution < 1.29 is 0 Å². The second kappa shape index (κ2) is 10.9. The molecular formula is C29H45N5. The molecule has 2 aromatic rings. The van der Waals surface area contributed by atoms with E-state index in [9.17, 15) is 0 Å². The Labute approximate surface area is 207 Å². The number of pyridine rings is 1. The monoisotopic (exact) mass is 463 g/mol. The predicted octanol–water partition coefficient (Wildman–Crippen LogP) is 4.57. The highest BCUT2D eigenvalue weighted by molar-refractivity contribution is 5.93. The zero-order chi connectivity index (χ0) is 23.5. The lowest BCUT2D eigenvalue weighted by atomic mass is 9.98. The van der Waals surface area contributed by atoms with Crippen molar-refractivity contribution in [2.24, 2.45) is 0 Å². The fraction of sp³-hybridized carbons (Fsp3) is 0.690. The Kier molecular flexibility index (Phi) is 7.72. The van der Waals surface area contributed by atoms with Crippen LogP contribution in [0.5, 0.6) is 0 Å². The van der Waals surface area contributed by atoms with E-state index in [4.69, 9.17) is 4.98 Å². The van der Waals surface area contributed by atoms with Crippen molar-refractivity contribution in [3.05, 3.63) is 35.5 Å². The van der Waals surface area contributed by atoms with E-state index in [2.05, 4.69) is 64.8 Å². The first-order chi connectivity index (χ1) is 16.7. The van der Waals surface area contributed by atoms with Gasteiger partial charge in [0.05, 0.1) is 11.2 Å². The Bertz CT molecular complexity index is 935. The van der Waals surface area contributed by atoms with Crippen LogP contribution in [0.3, 0.4) is 0 Å². The fourth-order valence-electron chi connectivity index (χ4n) is 6.71. The van der Waals surface area contributed by atoms with Crippen LogP contribution in [-0.2, 0) is 6.42 Å². The first-order valence-electron chi connectivity index (χ1n) is 14.0. The van der Waals surface area contributed by atoms with Crippen molar-refractivity contribution in [2.75, 3.05) is 63.8 Å². The Hall–Kier alpha value is -1.69. The third-order valence-corrected chi connectivity index (χ3v) is 8.79. The van der Waals surface area contributed by atoms with Crippen LogP contribution >= 0.6 is 0 Å². The summed E-state index contributed by atoms with van der Waals surface area (Å²) in [5, 5.41) is 1.35. The molecule has 0 spiro atoms. The number of rotatable bonds is 6. The lowest BCUT2D eigenvalue weighted by Gasteiger charge is -2.46. The van der Waals surface area contributed by atoms with Crippen molar-refractivity contribution in [3.8, 4) is 0 Å². The maximum atomic E-state index is 4.74. The molecule has 3 aliphatic rings. The standard InChI is InChI=1S/C29H45N5/c1-4-6-24-7-8-28-27(21-24)29(23(3)22-30-28)34-15-11-26(12-16-34)33-19-17-32(18-20-33)25-9-13-31(5-2)14-10-25/h7-8,21-22,25-26H,4-6,9-20H2,1-3H3. The first-order valence-corrected chi connectivity index (χ1v) is 14.0. The van der Waals surface area contributed by atoms with Gasteiger partial charge in [-0.25, -0.2) is 0 Å². The fourth-order valence-corrected chi connectivity index (χ4v) is 6.71. The topological polar surface area (TPSA) is 25.9 Å². The summed E-state index contributed by atoms with van der Waals surface area (Å²) in [6.45, 7) is 18.0. The molecule has 0 N–H and O–H groups in total. The van der Waals surface area contributed by atoms with Gasteiger partial charge >= 0.3 is 0 Å². The number of benzene rings is 1. The van der Waals surface area contributed by atoms with E-state index < -0.39 is 0 Å². The molecule has 5 nitrogen and oxygen atoms in total. The van der Waals surface area contributed by atoms with Gasteiger partial charge in [-0.15, -0.1) is 0 Å². The van der Waals surface area contributed by atoms with E-state index in [-0.39, 0.29) is 0 Å². The summed E-state index contributed by atoms with van der Waals surface area (Å²) >= 11 is 0. The number of anilines is 1. The molecular weight excluding hydrogens is 418 g/mol. The molecule has 0 radical (unpaired) electrons. The van der Waals surface area contributed by atoms with Crippen molar-refractivity contribution in [2.45, 2.75) is 71.4 Å². The number of piperazine rings is 1. The third-order valence-electron chi connectivity index (χ3n) is 8.79. The molecule has 1 aromatic heterocycles. The van der Waals surface area contributed by atoms with Crippen LogP contribution in [0.4, 0.5) is 5.69 Å². The molecule has 0 amide bonds. The summed E-state index contributed by atoms with van der Waals surface area (Å²) < 4.78 is 0. The smallest absolute Gasteiger partial charge is 0.0723 e. The SMILES string of the molecule is CCCc1ccc2ncc(C)c(N3CCC(N4CCN(C5CCN(CC)CC5)CC4)CC3)c2c1. The van der Waals surface area contributed by atoms with Crippen LogP contribution < -0.4 is 4.90 Å². The summed E-state index contributed by atoms with van der Waals surface area (Å²) in [5.41, 5.74) is 5.34. The molecule has 3 saturated heterocycles. The van der Waals surface area contributed by atoms with Gasteiger partial charge in [0.15, 0.2) is 0 Å². The first kappa shape index (κ1) is 24.0. The number of piperidine rings is 2. The number of nitrogens with zero attached hydrogens (tertiary/aromatic N) is 5. The minimum absolute atomic E-state index is 0.754. The van der Waals surface area contributed by atoms with Crippen molar-refractivity contribution in [3.63, 3.8) is 0 Å². The van der Waals surface area contributed by atoms with Gasteiger partial charge in [0, 0.05) is 62.9 Å². The number of aromatic nitrogens is 1. The van der Waals surface area contributed by atoms with Gasteiger partial charge in [-0.1, -0.05) is 26.3 Å². The Morgan fingerprint density at radius 3 is 2.03 bits per heavy atom. The van der Waals surface area contributed by atoms with Crippen LogP contribution in [0.2, 0.25) is 0 Å². The Morgan fingerprint density at radius 2 is 1.44 bits per heavy atom. The summed E-state index contributed by atoms with van der Waals surface area (Å²) in [6, 6.07) is 8.47. The van der Waals surface area contributed by atoms with Gasteiger partial charge in [0.1, 0.15) is 0 Å². The van der Waals surface area contributed by atoms with Crippen LogP contribution in [0.15, 0.2) is 24.4 Å². The largest absolute Gasteiger partial charge is 0.371 e. The van der Waals surface area contributed by atoms with E-state index in [1.54, 1.807) is 0 Å². The van der Waals surface area contributed by atoms with Crippen molar-refractivity contribution >= 4 is 16.6 Å². The molecule has 0 unspecified atom stereocenters. The maximum Gasteiger partial charge on any atom is 0.0723 e. The van der Waals surface area contributed by atoms with Gasteiger partial charge in [0.25, 0.3) is 0 Å². The van der Waals surface area contributed by atoms with Crippen molar-refractivity contribution in [1.29, 1.82) is 0 Å². The molecule has 186 valence electrons. The highest BCUT2D eigenvalue weighted by Crippen LogP contribution is 2.33. The minimum atomic E-state index is 0.754. The second-order valence-corrected chi connectivity index (χ2v) is 10.8. The molecule has 1 aromatic carbocycles. The molecule has 4 heterocycles. The number of aryl methyl sites for hydroxylation is 2. The number of hydrogen-bond acceptors (Lipinski definition) is 5. The summed E-state index contributed by atoms with van der Waals surface area (Å²) in [7, 11) is 0. The van der Waals surface area contributed by atoms with Crippen LogP contribution in [0, 0.1) is 6.92 Å². The zero-order valence-corrected chi connectivity index (χ0v) is 21.8. The molecule has 5 heteroatoms. The molecule has 0 atom stereocenters. The normalized spacial score (nSPS) is 22.6. The molecule has 0 bridgehead atoms. The average molecular weight is 464 g/mol. The maximum absolute atomic E-state index is 4.74. The minimum Gasteiger partial charge on any atom is -0.371 e. The number of hydrogen-bond donors (Lipinski definition) is 0. The van der Waals surface area contributed by atoms with Gasteiger partial charge in [-0.3, -0.25) is 14.8 Å². The Morgan fingerprint density at radius 1 is 0.824 bits per heavy atom. The molecule has 5 rings (SSSR count). The molecule has 3 fully saturated rings. The lowest BCUT2D eigenvalue weighted by Crippen LogP contribution is -2.56. The molecule has 34 heavy (non-hydrogen) atoms. The van der Waals surface area contributed by atoms with E-state index in [1.165, 1.54) is 100 Å². The van der Waals surface area contributed by atoms with Gasteiger partial charge in [-0.05, 0) is 81.9 Å². The third kappa shape index (κ3) is 5.12.